The number of carbonyl (C=O) groups is 1. The molecule has 1 aromatic rings. The van der Waals surface area contributed by atoms with Crippen molar-refractivity contribution >= 4 is 28.6 Å². The first-order valence-electron chi connectivity index (χ1n) is 3.93. The molecule has 9 heteroatoms. The summed E-state index contributed by atoms with van der Waals surface area (Å²) in [6.45, 7) is 0. The van der Waals surface area contributed by atoms with E-state index in [0.717, 1.165) is 22.6 Å². The summed E-state index contributed by atoms with van der Waals surface area (Å²) in [6, 6.07) is 0. The second kappa shape index (κ2) is 4.70. The normalized spacial score (nSPS) is 11.9. The van der Waals surface area contributed by atoms with Gasteiger partial charge in [-0.15, -0.1) is 0 Å². The van der Waals surface area contributed by atoms with Gasteiger partial charge in [-0.25, -0.2) is 13.6 Å². The van der Waals surface area contributed by atoms with E-state index in [9.17, 15) is 26.7 Å². The molecule has 1 rings (SSSR count). The van der Waals surface area contributed by atoms with Crippen LogP contribution in [-0.4, -0.2) is 16.1 Å². The van der Waals surface area contributed by atoms with Crippen molar-refractivity contribution in [2.75, 3.05) is 0 Å². The molecule has 1 N–H and O–H groups in total. The average Bonchev–Trinajstić information content (AvgIpc) is 2.13. The maximum absolute atomic E-state index is 12.4. The molecule has 0 radical (unpaired) electrons. The molecular formula is C8H3F5INO2. The Kier molecular flexibility index (Phi) is 3.89. The topological polar surface area (TPSA) is 50.2 Å². The molecule has 0 bridgehead atoms. The Morgan fingerprint density at radius 1 is 1.41 bits per heavy atom. The summed E-state index contributed by atoms with van der Waals surface area (Å²) in [7, 11) is 0. The summed E-state index contributed by atoms with van der Waals surface area (Å²) < 4.78 is 61.1. The smallest absolute Gasteiger partial charge is 0.434 e. The molecule has 0 amide bonds. The molecule has 0 atom stereocenters. The zero-order chi connectivity index (χ0) is 13.4. The van der Waals surface area contributed by atoms with Gasteiger partial charge in [0.05, 0.1) is 14.7 Å². The van der Waals surface area contributed by atoms with Gasteiger partial charge in [-0.3, -0.25) is 4.98 Å². The number of nitrogens with zero attached hydrogens (tertiary/aromatic N) is 1. The predicted molar refractivity (Wildman–Crippen MR) is 53.9 cm³/mol. The summed E-state index contributed by atoms with van der Waals surface area (Å²) in [4.78, 5) is 13.5. The fourth-order valence-corrected chi connectivity index (χ4v) is 2.07. The minimum Gasteiger partial charge on any atom is -0.478 e. The first-order valence-corrected chi connectivity index (χ1v) is 5.01. The molecule has 1 aromatic heterocycles. The molecule has 0 aliphatic carbocycles. The third-order valence-corrected chi connectivity index (χ3v) is 2.82. The second-order valence-electron chi connectivity index (χ2n) is 2.85. The molecule has 0 fully saturated rings. The number of hydrogen-bond acceptors (Lipinski definition) is 2. The van der Waals surface area contributed by atoms with Crippen molar-refractivity contribution < 1.29 is 31.9 Å². The van der Waals surface area contributed by atoms with Gasteiger partial charge in [-0.2, -0.15) is 13.2 Å². The van der Waals surface area contributed by atoms with Gasteiger partial charge in [0.15, 0.2) is 5.69 Å². The summed E-state index contributed by atoms with van der Waals surface area (Å²) in [5.74, 6) is -1.85. The van der Waals surface area contributed by atoms with Gasteiger partial charge in [-0.1, -0.05) is 0 Å². The van der Waals surface area contributed by atoms with Crippen molar-refractivity contribution in [2.45, 2.75) is 12.6 Å². The van der Waals surface area contributed by atoms with Crippen LogP contribution in [0.15, 0.2) is 6.20 Å². The highest BCUT2D eigenvalue weighted by Crippen LogP contribution is 2.35. The Bertz CT molecular complexity index is 460. The number of aromatic carboxylic acids is 1. The van der Waals surface area contributed by atoms with Crippen LogP contribution in [0.5, 0.6) is 0 Å². The van der Waals surface area contributed by atoms with E-state index in [-0.39, 0.29) is 6.20 Å². The highest BCUT2D eigenvalue weighted by atomic mass is 127. The highest BCUT2D eigenvalue weighted by Gasteiger charge is 2.38. The van der Waals surface area contributed by atoms with Crippen molar-refractivity contribution in [3.05, 3.63) is 26.6 Å². The fourth-order valence-electron chi connectivity index (χ4n) is 1.08. The summed E-state index contributed by atoms with van der Waals surface area (Å²) in [5, 5.41) is 8.65. The zero-order valence-electron chi connectivity index (χ0n) is 7.73. The molecule has 0 aliphatic heterocycles. The van der Waals surface area contributed by atoms with Crippen molar-refractivity contribution in [3.8, 4) is 0 Å². The minimum atomic E-state index is -4.89. The molecular weight excluding hydrogens is 364 g/mol. The Labute approximate surface area is 105 Å². The molecule has 0 saturated carbocycles. The number of carboxylic acid groups (broad SMARTS) is 1. The number of pyridine rings is 1. The van der Waals surface area contributed by atoms with E-state index in [1.807, 2.05) is 0 Å². The van der Waals surface area contributed by atoms with E-state index in [1.165, 1.54) is 0 Å². The van der Waals surface area contributed by atoms with E-state index in [2.05, 4.69) is 4.98 Å². The third-order valence-electron chi connectivity index (χ3n) is 1.77. The number of aromatic nitrogens is 1. The van der Waals surface area contributed by atoms with Crippen molar-refractivity contribution in [3.63, 3.8) is 0 Å². The van der Waals surface area contributed by atoms with Crippen molar-refractivity contribution in [2.24, 2.45) is 0 Å². The van der Waals surface area contributed by atoms with Crippen LogP contribution in [0.2, 0.25) is 0 Å². The average molecular weight is 367 g/mol. The quantitative estimate of drug-likeness (QED) is 0.645. The predicted octanol–water partition coefficient (Wildman–Crippen LogP) is 3.34. The SMILES string of the molecule is O=C(O)c1c(C(F)F)cnc(C(F)(F)F)c1I. The second-order valence-corrected chi connectivity index (χ2v) is 3.93. The van der Waals surface area contributed by atoms with Crippen LogP contribution >= 0.6 is 22.6 Å². The number of hydrogen-bond donors (Lipinski definition) is 1. The lowest BCUT2D eigenvalue weighted by atomic mass is 10.1. The van der Waals surface area contributed by atoms with Crippen LogP contribution in [0.25, 0.3) is 0 Å². The molecule has 0 aliphatic rings. The summed E-state index contributed by atoms with van der Waals surface area (Å²) in [5.41, 5.74) is -3.59. The van der Waals surface area contributed by atoms with Crippen LogP contribution in [0, 0.1) is 3.57 Å². The van der Waals surface area contributed by atoms with E-state index in [4.69, 9.17) is 5.11 Å². The van der Waals surface area contributed by atoms with Crippen LogP contribution in [0.1, 0.15) is 28.0 Å². The molecule has 0 saturated heterocycles. The summed E-state index contributed by atoms with van der Waals surface area (Å²) >= 11 is 1.04. The lowest BCUT2D eigenvalue weighted by molar-refractivity contribution is -0.142. The summed E-state index contributed by atoms with van der Waals surface area (Å²) in [6.07, 6.45) is -7.86. The largest absolute Gasteiger partial charge is 0.478 e. The van der Waals surface area contributed by atoms with Crippen molar-refractivity contribution in [1.82, 2.24) is 4.98 Å². The van der Waals surface area contributed by atoms with E-state index >= 15 is 0 Å². The fraction of sp³-hybridized carbons (Fsp3) is 0.250. The van der Waals surface area contributed by atoms with Gasteiger partial charge in [0.1, 0.15) is 0 Å². The zero-order valence-corrected chi connectivity index (χ0v) is 9.88. The van der Waals surface area contributed by atoms with E-state index < -0.39 is 39.0 Å². The lowest BCUT2D eigenvalue weighted by Gasteiger charge is -2.12. The molecule has 17 heavy (non-hydrogen) atoms. The maximum Gasteiger partial charge on any atom is 0.434 e. The maximum atomic E-state index is 12.4. The first kappa shape index (κ1) is 14.1. The first-order chi connectivity index (χ1) is 7.66. The van der Waals surface area contributed by atoms with Crippen molar-refractivity contribution in [1.29, 1.82) is 0 Å². The number of carboxylic acids is 1. The van der Waals surface area contributed by atoms with Crippen LogP contribution in [-0.2, 0) is 6.18 Å². The Balaban J connectivity index is 3.56. The molecule has 0 spiro atoms. The lowest BCUT2D eigenvalue weighted by Crippen LogP contribution is -2.16. The Morgan fingerprint density at radius 2 is 1.94 bits per heavy atom. The minimum absolute atomic E-state index is 0.235. The van der Waals surface area contributed by atoms with Gasteiger partial charge in [0.25, 0.3) is 6.43 Å². The van der Waals surface area contributed by atoms with E-state index in [1.54, 1.807) is 0 Å². The molecule has 1 heterocycles. The van der Waals surface area contributed by atoms with Crippen LogP contribution in [0.4, 0.5) is 22.0 Å². The molecule has 94 valence electrons. The Morgan fingerprint density at radius 3 is 2.29 bits per heavy atom. The van der Waals surface area contributed by atoms with Gasteiger partial charge >= 0.3 is 12.1 Å². The van der Waals surface area contributed by atoms with Gasteiger partial charge in [0.2, 0.25) is 0 Å². The molecule has 0 aromatic carbocycles. The number of rotatable bonds is 2. The number of alkyl halides is 5. The van der Waals surface area contributed by atoms with Gasteiger partial charge in [0, 0.05) is 6.20 Å². The Hall–Kier alpha value is -1.00. The van der Waals surface area contributed by atoms with Crippen LogP contribution < -0.4 is 0 Å². The van der Waals surface area contributed by atoms with Gasteiger partial charge in [-0.05, 0) is 22.6 Å². The standard InChI is InChI=1S/C8H3F5INO2/c9-6(10)2-1-15-5(8(11,12)13)4(14)3(2)7(16)17/h1,6H,(H,16,17). The number of halogens is 6. The highest BCUT2D eigenvalue weighted by molar-refractivity contribution is 14.1. The van der Waals surface area contributed by atoms with E-state index in [0.29, 0.717) is 0 Å². The van der Waals surface area contributed by atoms with Gasteiger partial charge < -0.3 is 5.11 Å². The van der Waals surface area contributed by atoms with Crippen LogP contribution in [0.3, 0.4) is 0 Å². The monoisotopic (exact) mass is 367 g/mol. The molecule has 0 unspecified atom stereocenters. The molecule has 3 nitrogen and oxygen atoms in total. The third kappa shape index (κ3) is 2.82.